The average molecular weight is 325 g/mol. The van der Waals surface area contributed by atoms with Crippen LogP contribution in [0.25, 0.3) is 0 Å². The number of carboxylic acid groups (broad SMARTS) is 1. The summed E-state index contributed by atoms with van der Waals surface area (Å²) in [4.78, 5) is 11.1. The summed E-state index contributed by atoms with van der Waals surface area (Å²) in [5, 5.41) is 11.8. The van der Waals surface area contributed by atoms with Crippen molar-refractivity contribution >= 4 is 39.0 Å². The Kier molecular flexibility index (Phi) is 3.71. The van der Waals surface area contributed by atoms with Gasteiger partial charge in [-0.15, -0.1) is 0 Å². The predicted octanol–water partition coefficient (Wildman–Crippen LogP) is 3.61. The van der Waals surface area contributed by atoms with Gasteiger partial charge in [-0.05, 0) is 46.3 Å². The van der Waals surface area contributed by atoms with Gasteiger partial charge in [-0.3, -0.25) is 0 Å². The molecule has 2 rings (SSSR count). The van der Waals surface area contributed by atoms with Gasteiger partial charge in [-0.2, -0.15) is 0 Å². The maximum absolute atomic E-state index is 13.7. The molecule has 2 aromatic carbocycles. The second kappa shape index (κ2) is 5.27. The molecular weight excluding hydrogens is 315 g/mol. The summed E-state index contributed by atoms with van der Waals surface area (Å²) in [7, 11) is 0. The average Bonchev–Trinajstić information content (AvgIpc) is 2.33. The topological polar surface area (TPSA) is 75.4 Å². The summed E-state index contributed by atoms with van der Waals surface area (Å²) >= 11 is 3.20. The molecule has 6 heteroatoms. The number of nitrogens with one attached hydrogen (secondary N) is 1. The van der Waals surface area contributed by atoms with E-state index in [1.807, 2.05) is 0 Å². The van der Waals surface area contributed by atoms with Crippen LogP contribution in [0, 0.1) is 5.82 Å². The maximum Gasteiger partial charge on any atom is 0.337 e. The lowest BCUT2D eigenvalue weighted by Gasteiger charge is -2.12. The number of para-hydroxylation sites is 1. The van der Waals surface area contributed by atoms with Crippen LogP contribution in [0.2, 0.25) is 0 Å². The molecule has 0 aliphatic carbocycles. The molecule has 0 spiro atoms. The third-order valence-electron chi connectivity index (χ3n) is 2.50. The molecule has 0 fully saturated rings. The van der Waals surface area contributed by atoms with Gasteiger partial charge in [0.25, 0.3) is 0 Å². The lowest BCUT2D eigenvalue weighted by atomic mass is 10.1. The van der Waals surface area contributed by atoms with Gasteiger partial charge in [0, 0.05) is 10.2 Å². The summed E-state index contributed by atoms with van der Waals surface area (Å²) in [5.41, 5.74) is 6.42. The predicted molar refractivity (Wildman–Crippen MR) is 75.2 cm³/mol. The minimum absolute atomic E-state index is 0.0179. The van der Waals surface area contributed by atoms with Crippen LogP contribution in [0.3, 0.4) is 0 Å². The van der Waals surface area contributed by atoms with Crippen LogP contribution in [0.4, 0.5) is 21.5 Å². The Morgan fingerprint density at radius 2 is 2.05 bits per heavy atom. The molecule has 0 heterocycles. The minimum atomic E-state index is -1.12. The zero-order valence-corrected chi connectivity index (χ0v) is 11.2. The van der Waals surface area contributed by atoms with Crippen molar-refractivity contribution in [2.75, 3.05) is 11.1 Å². The number of benzene rings is 2. The molecule has 0 saturated carbocycles. The highest BCUT2D eigenvalue weighted by atomic mass is 79.9. The Hall–Kier alpha value is -2.08. The summed E-state index contributed by atoms with van der Waals surface area (Å²) in [6.45, 7) is 0. The molecular formula is C13H10BrFN2O2. The van der Waals surface area contributed by atoms with Crippen LogP contribution < -0.4 is 11.1 Å². The van der Waals surface area contributed by atoms with E-state index in [0.29, 0.717) is 10.2 Å². The van der Waals surface area contributed by atoms with Crippen molar-refractivity contribution in [3.05, 3.63) is 52.3 Å². The van der Waals surface area contributed by atoms with Crippen molar-refractivity contribution in [3.8, 4) is 0 Å². The van der Waals surface area contributed by atoms with E-state index >= 15 is 0 Å². The zero-order chi connectivity index (χ0) is 14.0. The molecule has 0 amide bonds. The first kappa shape index (κ1) is 13.4. The zero-order valence-electron chi connectivity index (χ0n) is 9.65. The smallest absolute Gasteiger partial charge is 0.337 e. The van der Waals surface area contributed by atoms with Crippen molar-refractivity contribution < 1.29 is 14.3 Å². The van der Waals surface area contributed by atoms with Gasteiger partial charge >= 0.3 is 5.97 Å². The molecule has 4 N–H and O–H groups in total. The van der Waals surface area contributed by atoms with Crippen LogP contribution in [-0.2, 0) is 0 Å². The molecule has 98 valence electrons. The molecule has 0 radical (unpaired) electrons. The van der Waals surface area contributed by atoms with Crippen molar-refractivity contribution in [1.82, 2.24) is 0 Å². The van der Waals surface area contributed by atoms with Gasteiger partial charge in [0.05, 0.1) is 16.9 Å². The van der Waals surface area contributed by atoms with Crippen LogP contribution in [-0.4, -0.2) is 11.1 Å². The van der Waals surface area contributed by atoms with E-state index in [0.717, 1.165) is 0 Å². The minimum Gasteiger partial charge on any atom is -0.478 e. The van der Waals surface area contributed by atoms with Gasteiger partial charge in [-0.25, -0.2) is 9.18 Å². The number of nitrogens with two attached hydrogens (primary N) is 1. The number of aromatic carboxylic acids is 1. The maximum atomic E-state index is 13.7. The number of rotatable bonds is 3. The number of hydrogen-bond acceptors (Lipinski definition) is 3. The second-order valence-electron chi connectivity index (χ2n) is 3.83. The molecule has 0 aliphatic heterocycles. The van der Waals surface area contributed by atoms with E-state index in [-0.39, 0.29) is 16.9 Å². The first-order valence-corrected chi connectivity index (χ1v) is 6.12. The summed E-state index contributed by atoms with van der Waals surface area (Å²) in [5.74, 6) is -1.61. The highest BCUT2D eigenvalue weighted by Crippen LogP contribution is 2.30. The summed E-state index contributed by atoms with van der Waals surface area (Å²) in [6, 6.07) is 8.77. The Labute approximate surface area is 117 Å². The largest absolute Gasteiger partial charge is 0.478 e. The van der Waals surface area contributed by atoms with Crippen LogP contribution in [0.15, 0.2) is 40.9 Å². The number of carbonyl (C=O) groups is 1. The Bertz CT molecular complexity index is 626. The molecule has 0 saturated heterocycles. The third-order valence-corrected chi connectivity index (χ3v) is 3.16. The van der Waals surface area contributed by atoms with Crippen molar-refractivity contribution in [2.45, 2.75) is 0 Å². The van der Waals surface area contributed by atoms with Gasteiger partial charge in [0.1, 0.15) is 5.82 Å². The first-order chi connectivity index (χ1) is 8.99. The third kappa shape index (κ3) is 2.85. The molecule has 0 aliphatic rings. The summed E-state index contributed by atoms with van der Waals surface area (Å²) < 4.78 is 14.2. The number of halogens is 2. The van der Waals surface area contributed by atoms with E-state index in [2.05, 4.69) is 21.2 Å². The van der Waals surface area contributed by atoms with Crippen LogP contribution in [0.1, 0.15) is 10.4 Å². The standard InChI is InChI=1S/C13H10BrFN2O2/c14-9-2-1-3-10(15)12(9)17-11-6-7(16)4-5-8(11)13(18)19/h1-6,17H,16H2,(H,18,19). The molecule has 4 nitrogen and oxygen atoms in total. The monoisotopic (exact) mass is 324 g/mol. The van der Waals surface area contributed by atoms with E-state index in [1.54, 1.807) is 12.1 Å². The van der Waals surface area contributed by atoms with Crippen LogP contribution in [0.5, 0.6) is 0 Å². The highest BCUT2D eigenvalue weighted by molar-refractivity contribution is 9.10. The second-order valence-corrected chi connectivity index (χ2v) is 4.69. The fraction of sp³-hybridized carbons (Fsp3) is 0. The Balaban J connectivity index is 2.49. The number of anilines is 3. The van der Waals surface area contributed by atoms with E-state index in [4.69, 9.17) is 10.8 Å². The van der Waals surface area contributed by atoms with Crippen molar-refractivity contribution in [3.63, 3.8) is 0 Å². The Morgan fingerprint density at radius 3 is 2.68 bits per heavy atom. The van der Waals surface area contributed by atoms with Gasteiger partial charge < -0.3 is 16.2 Å². The van der Waals surface area contributed by atoms with Gasteiger partial charge in [-0.1, -0.05) is 6.07 Å². The van der Waals surface area contributed by atoms with Crippen molar-refractivity contribution in [1.29, 1.82) is 0 Å². The summed E-state index contributed by atoms with van der Waals surface area (Å²) in [6.07, 6.45) is 0. The fourth-order valence-corrected chi connectivity index (χ4v) is 2.04. The lowest BCUT2D eigenvalue weighted by molar-refractivity contribution is 0.0698. The molecule has 0 bridgehead atoms. The van der Waals surface area contributed by atoms with E-state index in [1.165, 1.54) is 24.3 Å². The number of hydrogen-bond donors (Lipinski definition) is 3. The fourth-order valence-electron chi connectivity index (χ4n) is 1.60. The van der Waals surface area contributed by atoms with Crippen LogP contribution >= 0.6 is 15.9 Å². The lowest BCUT2D eigenvalue weighted by Crippen LogP contribution is -2.05. The van der Waals surface area contributed by atoms with Gasteiger partial charge in [0.15, 0.2) is 0 Å². The number of nitrogen functional groups attached to an aromatic ring is 1. The van der Waals surface area contributed by atoms with E-state index < -0.39 is 11.8 Å². The van der Waals surface area contributed by atoms with E-state index in [9.17, 15) is 9.18 Å². The number of carboxylic acids is 1. The SMILES string of the molecule is Nc1ccc(C(=O)O)c(Nc2c(F)cccc2Br)c1. The quantitative estimate of drug-likeness (QED) is 0.754. The highest BCUT2D eigenvalue weighted by Gasteiger charge is 2.13. The van der Waals surface area contributed by atoms with Gasteiger partial charge in [0.2, 0.25) is 0 Å². The molecule has 2 aromatic rings. The Morgan fingerprint density at radius 1 is 1.32 bits per heavy atom. The molecule has 19 heavy (non-hydrogen) atoms. The molecule has 0 atom stereocenters. The first-order valence-electron chi connectivity index (χ1n) is 5.33. The molecule has 0 aromatic heterocycles. The van der Waals surface area contributed by atoms with Crippen molar-refractivity contribution in [2.24, 2.45) is 0 Å². The molecule has 0 unspecified atom stereocenters. The normalized spacial score (nSPS) is 10.2.